The van der Waals surface area contributed by atoms with Crippen LogP contribution in [0.4, 0.5) is 5.69 Å². The molecule has 0 fully saturated rings. The van der Waals surface area contributed by atoms with Crippen LogP contribution in [0.15, 0.2) is 24.3 Å². The summed E-state index contributed by atoms with van der Waals surface area (Å²) in [6.07, 6.45) is 0. The molecule has 1 aromatic carbocycles. The summed E-state index contributed by atoms with van der Waals surface area (Å²) in [5.41, 5.74) is -0.219. The van der Waals surface area contributed by atoms with E-state index in [1.807, 2.05) is 0 Å². The number of ether oxygens (including phenoxy) is 1. The van der Waals surface area contributed by atoms with E-state index in [0.717, 1.165) is 0 Å². The molecule has 0 unspecified atom stereocenters. The van der Waals surface area contributed by atoms with Gasteiger partial charge in [0.1, 0.15) is 0 Å². The molecule has 7 nitrogen and oxygen atoms in total. The van der Waals surface area contributed by atoms with Gasteiger partial charge in [-0.1, -0.05) is 23.7 Å². The zero-order chi connectivity index (χ0) is 13.1. The molecular weight excluding hydrogens is 283 g/mol. The van der Waals surface area contributed by atoms with E-state index in [2.05, 4.69) is 15.2 Å². The number of rotatable bonds is 3. The summed E-state index contributed by atoms with van der Waals surface area (Å²) in [4.78, 5) is 13.9. The molecule has 0 aliphatic heterocycles. The van der Waals surface area contributed by atoms with Gasteiger partial charge in [0, 0.05) is 6.07 Å². The minimum absolute atomic E-state index is 0.0130. The van der Waals surface area contributed by atoms with Gasteiger partial charge < -0.3 is 4.74 Å². The molecule has 1 heterocycles. The monoisotopic (exact) mass is 286 g/mol. The van der Waals surface area contributed by atoms with Crippen LogP contribution < -0.4 is 4.74 Å². The molecule has 0 saturated carbocycles. The van der Waals surface area contributed by atoms with E-state index in [1.54, 1.807) is 6.07 Å². The lowest BCUT2D eigenvalue weighted by Crippen LogP contribution is -1.97. The zero-order valence-corrected chi connectivity index (χ0v) is 10.1. The van der Waals surface area contributed by atoms with E-state index in [-0.39, 0.29) is 27.8 Å². The average Bonchev–Trinajstić information content (AvgIpc) is 2.34. The van der Waals surface area contributed by atoms with Gasteiger partial charge in [-0.25, -0.2) is 0 Å². The minimum Gasteiger partial charge on any atom is -0.429 e. The second kappa shape index (κ2) is 5.11. The first-order chi connectivity index (χ1) is 8.58. The molecular formula is C9H4Cl2N4O3. The Labute approximate surface area is 110 Å². The fraction of sp³-hybridized carbons (Fsp3) is 0. The molecule has 18 heavy (non-hydrogen) atoms. The molecule has 2 aromatic rings. The standard InChI is InChI=1S/C9H4Cl2N4O3/c10-7-8(12-9(11)14-13-7)18-6-4-2-1-3-5(6)15(16)17/h1-4H. The van der Waals surface area contributed by atoms with Crippen molar-refractivity contribution in [2.75, 3.05) is 0 Å². The summed E-state index contributed by atoms with van der Waals surface area (Å²) in [6, 6.07) is 5.79. The summed E-state index contributed by atoms with van der Waals surface area (Å²) in [6.45, 7) is 0. The van der Waals surface area contributed by atoms with Crippen LogP contribution in [-0.4, -0.2) is 20.1 Å². The minimum atomic E-state index is -0.584. The Morgan fingerprint density at radius 1 is 1.22 bits per heavy atom. The first-order valence-electron chi connectivity index (χ1n) is 4.55. The zero-order valence-electron chi connectivity index (χ0n) is 8.58. The summed E-state index contributed by atoms with van der Waals surface area (Å²) < 4.78 is 5.21. The first-order valence-corrected chi connectivity index (χ1v) is 5.30. The van der Waals surface area contributed by atoms with Crippen LogP contribution in [0.1, 0.15) is 0 Å². The van der Waals surface area contributed by atoms with Crippen molar-refractivity contribution in [2.45, 2.75) is 0 Å². The van der Waals surface area contributed by atoms with E-state index in [9.17, 15) is 10.1 Å². The highest BCUT2D eigenvalue weighted by atomic mass is 35.5. The Kier molecular flexibility index (Phi) is 3.54. The molecule has 92 valence electrons. The molecule has 1 aromatic heterocycles. The third kappa shape index (κ3) is 2.63. The second-order valence-electron chi connectivity index (χ2n) is 3.00. The van der Waals surface area contributed by atoms with Crippen LogP contribution in [-0.2, 0) is 0 Å². The molecule has 9 heteroatoms. The van der Waals surface area contributed by atoms with Crippen molar-refractivity contribution in [1.82, 2.24) is 15.2 Å². The van der Waals surface area contributed by atoms with Crippen LogP contribution in [0, 0.1) is 10.1 Å². The molecule has 0 saturated heterocycles. The fourth-order valence-electron chi connectivity index (χ4n) is 1.14. The van der Waals surface area contributed by atoms with Gasteiger partial charge >= 0.3 is 5.69 Å². The predicted octanol–water partition coefficient (Wildman–Crippen LogP) is 2.88. The average molecular weight is 287 g/mol. The Hall–Kier alpha value is -1.99. The SMILES string of the molecule is O=[N+]([O-])c1ccccc1Oc1nc(Cl)nnc1Cl. The topological polar surface area (TPSA) is 91.0 Å². The van der Waals surface area contributed by atoms with Crippen LogP contribution in [0.25, 0.3) is 0 Å². The molecule has 0 bridgehead atoms. The number of nitrogens with zero attached hydrogens (tertiary/aromatic N) is 4. The Morgan fingerprint density at radius 2 is 1.94 bits per heavy atom. The van der Waals surface area contributed by atoms with Gasteiger partial charge in [-0.3, -0.25) is 10.1 Å². The van der Waals surface area contributed by atoms with E-state index in [4.69, 9.17) is 27.9 Å². The maximum absolute atomic E-state index is 10.8. The molecule has 2 rings (SSSR count). The van der Waals surface area contributed by atoms with Crippen molar-refractivity contribution in [3.05, 3.63) is 44.8 Å². The highest BCUT2D eigenvalue weighted by Crippen LogP contribution is 2.32. The number of nitro groups is 1. The molecule has 0 aliphatic carbocycles. The summed E-state index contributed by atoms with van der Waals surface area (Å²) >= 11 is 11.2. The lowest BCUT2D eigenvalue weighted by atomic mass is 10.3. The molecule has 0 N–H and O–H groups in total. The number of nitro benzene ring substituents is 1. The largest absolute Gasteiger partial charge is 0.429 e. The summed E-state index contributed by atoms with van der Waals surface area (Å²) in [5.74, 6) is -0.160. The molecule has 0 aliphatic rings. The number of benzene rings is 1. The van der Waals surface area contributed by atoms with Crippen LogP contribution in [0.5, 0.6) is 11.6 Å². The lowest BCUT2D eigenvalue weighted by molar-refractivity contribution is -0.385. The highest BCUT2D eigenvalue weighted by molar-refractivity contribution is 6.31. The third-order valence-corrected chi connectivity index (χ3v) is 2.26. The van der Waals surface area contributed by atoms with Gasteiger partial charge in [-0.05, 0) is 17.7 Å². The van der Waals surface area contributed by atoms with E-state index >= 15 is 0 Å². The van der Waals surface area contributed by atoms with E-state index in [1.165, 1.54) is 18.2 Å². The number of para-hydroxylation sites is 2. The van der Waals surface area contributed by atoms with E-state index in [0.29, 0.717) is 0 Å². The third-order valence-electron chi connectivity index (χ3n) is 1.86. The fourth-order valence-corrected chi connectivity index (χ4v) is 1.38. The Balaban J connectivity index is 2.40. The predicted molar refractivity (Wildman–Crippen MR) is 63.0 cm³/mol. The van der Waals surface area contributed by atoms with Gasteiger partial charge in [0.15, 0.2) is 0 Å². The van der Waals surface area contributed by atoms with Gasteiger partial charge in [0.25, 0.3) is 5.88 Å². The van der Waals surface area contributed by atoms with Crippen LogP contribution >= 0.6 is 23.2 Å². The van der Waals surface area contributed by atoms with Crippen molar-refractivity contribution >= 4 is 28.9 Å². The van der Waals surface area contributed by atoms with Gasteiger partial charge in [-0.15, -0.1) is 10.2 Å². The maximum atomic E-state index is 10.8. The van der Waals surface area contributed by atoms with Crippen molar-refractivity contribution in [1.29, 1.82) is 0 Å². The molecule has 0 spiro atoms. The number of hydrogen-bond donors (Lipinski definition) is 0. The Morgan fingerprint density at radius 3 is 2.67 bits per heavy atom. The maximum Gasteiger partial charge on any atom is 0.311 e. The molecule has 0 amide bonds. The van der Waals surface area contributed by atoms with Crippen molar-refractivity contribution < 1.29 is 9.66 Å². The first kappa shape index (κ1) is 12.5. The summed E-state index contributed by atoms with van der Waals surface area (Å²) in [7, 11) is 0. The van der Waals surface area contributed by atoms with Gasteiger partial charge in [-0.2, -0.15) is 4.98 Å². The summed E-state index contributed by atoms with van der Waals surface area (Å²) in [5, 5.41) is 17.3. The highest BCUT2D eigenvalue weighted by Gasteiger charge is 2.17. The normalized spacial score (nSPS) is 10.1. The molecule has 0 atom stereocenters. The number of aromatic nitrogens is 3. The van der Waals surface area contributed by atoms with Gasteiger partial charge in [0.05, 0.1) is 4.92 Å². The Bertz CT molecular complexity index is 608. The smallest absolute Gasteiger partial charge is 0.311 e. The molecule has 0 radical (unpaired) electrons. The van der Waals surface area contributed by atoms with Gasteiger partial charge in [0.2, 0.25) is 16.2 Å². The quantitative estimate of drug-likeness (QED) is 0.636. The van der Waals surface area contributed by atoms with Crippen LogP contribution in [0.2, 0.25) is 10.4 Å². The van der Waals surface area contributed by atoms with Crippen molar-refractivity contribution in [3.8, 4) is 11.6 Å². The number of halogens is 2. The van der Waals surface area contributed by atoms with Crippen molar-refractivity contribution in [3.63, 3.8) is 0 Å². The van der Waals surface area contributed by atoms with Crippen molar-refractivity contribution in [2.24, 2.45) is 0 Å². The van der Waals surface area contributed by atoms with E-state index < -0.39 is 4.92 Å². The number of hydrogen-bond acceptors (Lipinski definition) is 6. The second-order valence-corrected chi connectivity index (χ2v) is 3.70. The lowest BCUT2D eigenvalue weighted by Gasteiger charge is -2.05. The van der Waals surface area contributed by atoms with Crippen LogP contribution in [0.3, 0.4) is 0 Å².